The van der Waals surface area contributed by atoms with Crippen LogP contribution in [0.15, 0.2) is 54.7 Å². The number of rotatable bonds is 7. The number of aromatic nitrogens is 1. The highest BCUT2D eigenvalue weighted by molar-refractivity contribution is 5.96. The summed E-state index contributed by atoms with van der Waals surface area (Å²) in [7, 11) is 0. The van der Waals surface area contributed by atoms with E-state index in [2.05, 4.69) is 21.7 Å². The number of benzene rings is 2. The van der Waals surface area contributed by atoms with Crippen LogP contribution in [0.4, 0.5) is 10.5 Å². The number of ether oxygens (including phenoxy) is 2. The predicted octanol–water partition coefficient (Wildman–Crippen LogP) is 5.56. The van der Waals surface area contributed by atoms with E-state index in [-0.39, 0.29) is 0 Å². The third-order valence-electron chi connectivity index (χ3n) is 5.22. The van der Waals surface area contributed by atoms with Crippen LogP contribution in [0.2, 0.25) is 0 Å². The van der Waals surface area contributed by atoms with Crippen molar-refractivity contribution in [2.24, 2.45) is 0 Å². The van der Waals surface area contributed by atoms with Crippen LogP contribution >= 0.6 is 0 Å². The lowest BCUT2D eigenvalue weighted by atomic mass is 9.99. The number of para-hydroxylation sites is 2. The first-order chi connectivity index (χ1) is 16.9. The largest absolute Gasteiger partial charge is 0.456 e. The molecule has 3 aromatic rings. The number of anilines is 1. The maximum atomic E-state index is 12.8. The van der Waals surface area contributed by atoms with Crippen molar-refractivity contribution in [3.05, 3.63) is 65.9 Å². The van der Waals surface area contributed by atoms with Gasteiger partial charge in [0.1, 0.15) is 17.2 Å². The van der Waals surface area contributed by atoms with Gasteiger partial charge in [-0.3, -0.25) is 0 Å². The molecule has 1 unspecified atom stereocenters. The van der Waals surface area contributed by atoms with Crippen molar-refractivity contribution in [2.75, 3.05) is 5.32 Å². The molecule has 0 radical (unpaired) electrons. The zero-order valence-electron chi connectivity index (χ0n) is 21.6. The summed E-state index contributed by atoms with van der Waals surface area (Å²) in [5.74, 6) is -0.504. The molecule has 0 aliphatic carbocycles. The predicted molar refractivity (Wildman–Crippen MR) is 140 cm³/mol. The van der Waals surface area contributed by atoms with Crippen LogP contribution in [-0.2, 0) is 15.9 Å². The molecule has 0 spiro atoms. The van der Waals surface area contributed by atoms with Crippen LogP contribution < -0.4 is 10.6 Å². The summed E-state index contributed by atoms with van der Waals surface area (Å²) in [6, 6.07) is 15.4. The van der Waals surface area contributed by atoms with Gasteiger partial charge in [0.2, 0.25) is 0 Å². The maximum Gasteiger partial charge on any atom is 0.407 e. The van der Waals surface area contributed by atoms with Crippen molar-refractivity contribution in [1.29, 1.82) is 5.26 Å². The van der Waals surface area contributed by atoms with Gasteiger partial charge in [0.15, 0.2) is 0 Å². The Hall–Kier alpha value is -3.99. The molecule has 3 rings (SSSR count). The summed E-state index contributed by atoms with van der Waals surface area (Å²) in [5, 5.41) is 17.1. The van der Waals surface area contributed by atoms with Gasteiger partial charge in [-0.15, -0.1) is 0 Å². The van der Waals surface area contributed by atoms with Crippen molar-refractivity contribution in [3.63, 3.8) is 0 Å². The number of esters is 1. The second kappa shape index (κ2) is 10.7. The van der Waals surface area contributed by atoms with Gasteiger partial charge in [-0.2, -0.15) is 5.26 Å². The molecule has 0 saturated carbocycles. The molecule has 190 valence electrons. The molecule has 0 bridgehead atoms. The summed E-state index contributed by atoms with van der Waals surface area (Å²) in [6.07, 6.45) is 1.59. The fraction of sp³-hybridized carbons (Fsp3) is 0.393. The second-order valence-corrected chi connectivity index (χ2v) is 10.6. The average molecular weight is 491 g/mol. The Balaban J connectivity index is 1.92. The van der Waals surface area contributed by atoms with Crippen molar-refractivity contribution >= 4 is 28.7 Å². The Morgan fingerprint density at radius 1 is 0.972 bits per heavy atom. The van der Waals surface area contributed by atoms with Crippen LogP contribution in [0.1, 0.15) is 57.5 Å². The number of hydrogen-bond acceptors (Lipinski definition) is 6. The van der Waals surface area contributed by atoms with Crippen molar-refractivity contribution in [1.82, 2.24) is 10.3 Å². The van der Waals surface area contributed by atoms with E-state index in [0.717, 1.165) is 16.5 Å². The van der Waals surface area contributed by atoms with E-state index in [1.165, 1.54) is 0 Å². The second-order valence-electron chi connectivity index (χ2n) is 10.6. The number of carbonyl (C=O) groups excluding carboxylic acids is 2. The Labute approximate surface area is 212 Å². The number of hydrogen-bond donors (Lipinski definition) is 3. The lowest BCUT2D eigenvalue weighted by molar-refractivity contribution is 0.00701. The molecule has 2 atom stereocenters. The minimum Gasteiger partial charge on any atom is -0.456 e. The smallest absolute Gasteiger partial charge is 0.407 e. The molecular weight excluding hydrogens is 456 g/mol. The molecule has 36 heavy (non-hydrogen) atoms. The standard InChI is InChI=1S/C28H34N4O4/c1-27(2,3)35-25(33)20-12-8-10-14-22(20)31-24(16-29)23(32-26(34)36-28(4,5)6)15-18-17-30-21-13-9-7-11-19(18)21/h7-14,17,23-24,30-31H,15H2,1-6H3,(H,32,34)/t23-,24?/m0/s1. The molecule has 0 saturated heterocycles. The first kappa shape index (κ1) is 26.6. The number of nitrogens with one attached hydrogen (secondary N) is 3. The SMILES string of the molecule is CC(C)(C)OC(=O)N[C@@H](Cc1c[nH]c2ccccc12)C(C#N)Nc1ccccc1C(=O)OC(C)(C)C. The van der Waals surface area contributed by atoms with Crippen LogP contribution in [0.5, 0.6) is 0 Å². The highest BCUT2D eigenvalue weighted by atomic mass is 16.6. The number of nitriles is 1. The molecule has 0 aliphatic rings. The molecule has 1 heterocycles. The van der Waals surface area contributed by atoms with Gasteiger partial charge in [-0.05, 0) is 71.7 Å². The third kappa shape index (κ3) is 7.25. The van der Waals surface area contributed by atoms with E-state index < -0.39 is 35.3 Å². The summed E-state index contributed by atoms with van der Waals surface area (Å²) < 4.78 is 11.0. The van der Waals surface area contributed by atoms with E-state index in [1.54, 1.807) is 65.8 Å². The van der Waals surface area contributed by atoms with Crippen molar-refractivity contribution in [3.8, 4) is 6.07 Å². The van der Waals surface area contributed by atoms with Gasteiger partial charge >= 0.3 is 12.1 Å². The van der Waals surface area contributed by atoms with Crippen LogP contribution in [-0.4, -0.2) is 40.3 Å². The van der Waals surface area contributed by atoms with Crippen LogP contribution in [0.25, 0.3) is 10.9 Å². The maximum absolute atomic E-state index is 12.8. The number of aromatic amines is 1. The fourth-order valence-electron chi connectivity index (χ4n) is 3.76. The first-order valence-corrected chi connectivity index (χ1v) is 11.9. The summed E-state index contributed by atoms with van der Waals surface area (Å²) in [6.45, 7) is 10.7. The number of amides is 1. The van der Waals surface area contributed by atoms with E-state index in [4.69, 9.17) is 9.47 Å². The van der Waals surface area contributed by atoms with Gasteiger partial charge in [0.25, 0.3) is 0 Å². The molecule has 1 amide bonds. The van der Waals surface area contributed by atoms with Crippen LogP contribution in [0.3, 0.4) is 0 Å². The summed E-state index contributed by atoms with van der Waals surface area (Å²) in [5.41, 5.74) is 1.27. The highest BCUT2D eigenvalue weighted by Gasteiger charge is 2.29. The number of carbonyl (C=O) groups is 2. The van der Waals surface area contributed by atoms with Gasteiger partial charge in [0, 0.05) is 22.8 Å². The Morgan fingerprint density at radius 3 is 2.28 bits per heavy atom. The number of H-pyrrole nitrogens is 1. The van der Waals surface area contributed by atoms with Crippen molar-refractivity contribution < 1.29 is 19.1 Å². The zero-order valence-corrected chi connectivity index (χ0v) is 21.6. The average Bonchev–Trinajstić information content (AvgIpc) is 3.17. The molecule has 1 aromatic heterocycles. The lowest BCUT2D eigenvalue weighted by Crippen LogP contribution is -2.49. The molecular formula is C28H34N4O4. The Bertz CT molecular complexity index is 1260. The first-order valence-electron chi connectivity index (χ1n) is 11.9. The fourth-order valence-corrected chi connectivity index (χ4v) is 3.76. The van der Waals surface area contributed by atoms with E-state index in [9.17, 15) is 14.9 Å². The Kier molecular flexibility index (Phi) is 7.93. The minimum atomic E-state index is -0.880. The number of alkyl carbamates (subject to hydrolysis) is 1. The number of nitrogens with zero attached hydrogens (tertiary/aromatic N) is 1. The third-order valence-corrected chi connectivity index (χ3v) is 5.22. The van der Waals surface area contributed by atoms with Crippen LogP contribution in [0, 0.1) is 11.3 Å². The van der Waals surface area contributed by atoms with E-state index in [1.807, 2.05) is 30.5 Å². The van der Waals surface area contributed by atoms with E-state index in [0.29, 0.717) is 17.7 Å². The Morgan fingerprint density at radius 2 is 1.61 bits per heavy atom. The van der Waals surface area contributed by atoms with Gasteiger partial charge in [0.05, 0.1) is 17.7 Å². The van der Waals surface area contributed by atoms with Gasteiger partial charge in [-0.25, -0.2) is 9.59 Å². The quantitative estimate of drug-likeness (QED) is 0.373. The topological polar surface area (TPSA) is 116 Å². The number of fused-ring (bicyclic) bond motifs is 1. The van der Waals surface area contributed by atoms with Crippen molar-refractivity contribution in [2.45, 2.75) is 71.2 Å². The minimum absolute atomic E-state index is 0.302. The normalized spacial score (nSPS) is 13.4. The summed E-state index contributed by atoms with van der Waals surface area (Å²) in [4.78, 5) is 28.8. The van der Waals surface area contributed by atoms with E-state index >= 15 is 0 Å². The lowest BCUT2D eigenvalue weighted by Gasteiger charge is -2.28. The van der Waals surface area contributed by atoms with Gasteiger partial charge < -0.3 is 25.1 Å². The zero-order chi connectivity index (χ0) is 26.5. The molecule has 2 aromatic carbocycles. The molecule has 8 heteroatoms. The molecule has 0 aliphatic heterocycles. The molecule has 3 N–H and O–H groups in total. The highest BCUT2D eigenvalue weighted by Crippen LogP contribution is 2.24. The van der Waals surface area contributed by atoms with Gasteiger partial charge in [-0.1, -0.05) is 30.3 Å². The summed E-state index contributed by atoms with van der Waals surface area (Å²) >= 11 is 0. The monoisotopic (exact) mass is 490 g/mol. The molecule has 0 fully saturated rings. The molecule has 8 nitrogen and oxygen atoms in total.